The van der Waals surface area contributed by atoms with Crippen LogP contribution >= 0.6 is 0 Å². The first-order chi connectivity index (χ1) is 10.1. The lowest BCUT2D eigenvalue weighted by Gasteiger charge is -2.57. The van der Waals surface area contributed by atoms with Crippen molar-refractivity contribution in [1.29, 1.82) is 0 Å². The zero-order valence-corrected chi connectivity index (χ0v) is 11.2. The first kappa shape index (κ1) is 11.7. The summed E-state index contributed by atoms with van der Waals surface area (Å²) in [7, 11) is 0. The Kier molecular flexibility index (Phi) is 1.91. The molecule has 5 fully saturated rings. The van der Waals surface area contributed by atoms with Gasteiger partial charge >= 0.3 is 17.8 Å². The molecule has 1 aromatic heterocycles. The Morgan fingerprint density at radius 3 is 2.38 bits per heavy atom. The van der Waals surface area contributed by atoms with Crippen molar-refractivity contribution < 1.29 is 23.6 Å². The third-order valence-corrected chi connectivity index (χ3v) is 4.90. The predicted molar refractivity (Wildman–Crippen MR) is 63.7 cm³/mol. The van der Waals surface area contributed by atoms with Crippen LogP contribution in [0.4, 0.5) is 0 Å². The smallest absolute Gasteiger partial charge is 0.400 e. The summed E-state index contributed by atoms with van der Waals surface area (Å²) in [6.45, 7) is 1.19. The predicted octanol–water partition coefficient (Wildman–Crippen LogP) is 0.0480. The molecule has 5 heterocycles. The SMILES string of the molecule is O=C1OC2(CCC3(c4nc(C5CC5)no4)CN2C3)OC1=O. The maximum atomic E-state index is 11.3. The summed E-state index contributed by atoms with van der Waals surface area (Å²) < 4.78 is 15.7. The molecule has 1 spiro atoms. The van der Waals surface area contributed by atoms with E-state index in [0.717, 1.165) is 18.7 Å². The number of rotatable bonds is 2. The Morgan fingerprint density at radius 1 is 1.10 bits per heavy atom. The van der Waals surface area contributed by atoms with Gasteiger partial charge in [-0.25, -0.2) is 14.5 Å². The van der Waals surface area contributed by atoms with Gasteiger partial charge in [0.2, 0.25) is 5.89 Å². The molecule has 1 saturated carbocycles. The molecule has 0 radical (unpaired) electrons. The van der Waals surface area contributed by atoms with E-state index in [1.165, 1.54) is 0 Å². The second kappa shape index (κ2) is 3.44. The van der Waals surface area contributed by atoms with Crippen molar-refractivity contribution in [3.63, 3.8) is 0 Å². The summed E-state index contributed by atoms with van der Waals surface area (Å²) in [5.41, 5.74) is -0.188. The third-order valence-electron chi connectivity index (χ3n) is 4.90. The Bertz CT molecular complexity index is 637. The number of nitrogens with zero attached hydrogens (tertiary/aromatic N) is 3. The number of carbonyl (C=O) groups excluding carboxylic acids is 2. The third kappa shape index (κ3) is 1.43. The van der Waals surface area contributed by atoms with Gasteiger partial charge in [-0.15, -0.1) is 0 Å². The highest BCUT2D eigenvalue weighted by Gasteiger charge is 2.67. The average Bonchev–Trinajstić information content (AvgIpc) is 3.08. The lowest BCUT2D eigenvalue weighted by atomic mass is 9.70. The highest BCUT2D eigenvalue weighted by atomic mass is 16.8. The number of esters is 2. The first-order valence-electron chi connectivity index (χ1n) is 7.16. The number of hydrogen-bond acceptors (Lipinski definition) is 8. The van der Waals surface area contributed by atoms with Crippen LogP contribution in [0.2, 0.25) is 0 Å². The molecule has 0 aromatic carbocycles. The zero-order valence-electron chi connectivity index (χ0n) is 11.2. The highest BCUT2D eigenvalue weighted by Crippen LogP contribution is 2.51. The van der Waals surface area contributed by atoms with Crippen molar-refractivity contribution in [2.45, 2.75) is 42.9 Å². The van der Waals surface area contributed by atoms with Crippen LogP contribution in [0.3, 0.4) is 0 Å². The molecule has 4 aliphatic heterocycles. The molecule has 4 saturated heterocycles. The summed E-state index contributed by atoms with van der Waals surface area (Å²) in [5, 5.41) is 4.06. The minimum atomic E-state index is -1.20. The van der Waals surface area contributed by atoms with Gasteiger partial charge in [0.05, 0.1) is 5.41 Å². The summed E-state index contributed by atoms with van der Waals surface area (Å²) >= 11 is 0. The first-order valence-corrected chi connectivity index (χ1v) is 7.16. The quantitative estimate of drug-likeness (QED) is 0.557. The average molecular weight is 291 g/mol. The molecular weight excluding hydrogens is 278 g/mol. The standard InChI is InChI=1S/C13H13N3O5/c17-9-10(18)20-13(19-9)4-3-12(5-16(13)6-12)11-14-8(15-21-11)7-1-2-7/h7H,1-6H2. The Morgan fingerprint density at radius 2 is 1.81 bits per heavy atom. The van der Waals surface area contributed by atoms with Gasteiger partial charge in [-0.05, 0) is 19.3 Å². The maximum absolute atomic E-state index is 11.3. The molecule has 8 nitrogen and oxygen atoms in total. The van der Waals surface area contributed by atoms with Gasteiger partial charge in [0, 0.05) is 25.4 Å². The van der Waals surface area contributed by atoms with E-state index in [0.29, 0.717) is 37.7 Å². The van der Waals surface area contributed by atoms with E-state index in [-0.39, 0.29) is 5.41 Å². The van der Waals surface area contributed by atoms with Crippen molar-refractivity contribution in [2.24, 2.45) is 0 Å². The van der Waals surface area contributed by atoms with Crippen LogP contribution in [0, 0.1) is 0 Å². The second-order valence-corrected chi connectivity index (χ2v) is 6.36. The lowest BCUT2D eigenvalue weighted by molar-refractivity contribution is -0.310. The largest absolute Gasteiger partial charge is 0.421 e. The molecule has 0 unspecified atom stereocenters. The van der Waals surface area contributed by atoms with Crippen LogP contribution in [0.1, 0.15) is 43.3 Å². The summed E-state index contributed by atoms with van der Waals surface area (Å²) in [4.78, 5) is 28.9. The van der Waals surface area contributed by atoms with Gasteiger partial charge in [-0.3, -0.25) is 0 Å². The lowest BCUT2D eigenvalue weighted by Crippen LogP contribution is -2.72. The Labute approximate surface area is 119 Å². The molecule has 8 heteroatoms. The summed E-state index contributed by atoms with van der Waals surface area (Å²) in [6, 6.07) is 0. The normalized spacial score (nSPS) is 36.3. The van der Waals surface area contributed by atoms with Crippen molar-refractivity contribution >= 4 is 11.9 Å². The molecule has 5 aliphatic rings. The van der Waals surface area contributed by atoms with Crippen LogP contribution in [0.25, 0.3) is 0 Å². The van der Waals surface area contributed by atoms with Gasteiger partial charge in [0.25, 0.3) is 0 Å². The van der Waals surface area contributed by atoms with Crippen LogP contribution in [-0.4, -0.2) is 46.0 Å². The molecule has 0 atom stereocenters. The van der Waals surface area contributed by atoms with Gasteiger partial charge in [0.1, 0.15) is 0 Å². The van der Waals surface area contributed by atoms with Crippen LogP contribution in [0.15, 0.2) is 4.52 Å². The number of fused-ring (bicyclic) bond motifs is 1. The zero-order chi connectivity index (χ0) is 14.2. The molecule has 21 heavy (non-hydrogen) atoms. The Hall–Kier alpha value is -1.96. The van der Waals surface area contributed by atoms with E-state index >= 15 is 0 Å². The minimum Gasteiger partial charge on any atom is -0.400 e. The fourth-order valence-electron chi connectivity index (χ4n) is 3.46. The number of aromatic nitrogens is 2. The van der Waals surface area contributed by atoms with E-state index in [1.807, 2.05) is 4.90 Å². The highest BCUT2D eigenvalue weighted by molar-refractivity contribution is 6.31. The molecule has 2 bridgehead atoms. The number of hydrogen-bond donors (Lipinski definition) is 0. The molecule has 0 amide bonds. The Balaban J connectivity index is 1.39. The van der Waals surface area contributed by atoms with Crippen LogP contribution in [-0.2, 0) is 24.5 Å². The molecule has 0 N–H and O–H groups in total. The van der Waals surface area contributed by atoms with Crippen molar-refractivity contribution in [2.75, 3.05) is 13.1 Å². The molecule has 1 aromatic rings. The molecule has 110 valence electrons. The molecule has 1 aliphatic carbocycles. The van der Waals surface area contributed by atoms with Crippen molar-refractivity contribution in [3.8, 4) is 0 Å². The summed E-state index contributed by atoms with van der Waals surface area (Å²) in [5.74, 6) is -1.11. The van der Waals surface area contributed by atoms with Crippen molar-refractivity contribution in [1.82, 2.24) is 15.0 Å². The monoisotopic (exact) mass is 291 g/mol. The fourth-order valence-corrected chi connectivity index (χ4v) is 3.46. The van der Waals surface area contributed by atoms with E-state index < -0.39 is 17.8 Å². The van der Waals surface area contributed by atoms with E-state index in [2.05, 4.69) is 10.1 Å². The van der Waals surface area contributed by atoms with Gasteiger partial charge in [0.15, 0.2) is 5.82 Å². The number of carbonyl (C=O) groups is 2. The minimum absolute atomic E-state index is 0.188. The molecular formula is C13H13N3O5. The number of ether oxygens (including phenoxy) is 2. The van der Waals surface area contributed by atoms with Gasteiger partial charge < -0.3 is 14.0 Å². The van der Waals surface area contributed by atoms with Crippen molar-refractivity contribution in [3.05, 3.63) is 11.7 Å². The second-order valence-electron chi connectivity index (χ2n) is 6.36. The van der Waals surface area contributed by atoms with E-state index in [4.69, 9.17) is 14.0 Å². The molecule has 6 rings (SSSR count). The fraction of sp³-hybridized carbons (Fsp3) is 0.692. The number of piperidine rings is 2. The summed E-state index contributed by atoms with van der Waals surface area (Å²) in [6.07, 6.45) is 3.39. The van der Waals surface area contributed by atoms with Crippen LogP contribution < -0.4 is 0 Å². The topological polar surface area (TPSA) is 94.8 Å². The van der Waals surface area contributed by atoms with Gasteiger partial charge in [-0.1, -0.05) is 5.16 Å². The van der Waals surface area contributed by atoms with E-state index in [1.54, 1.807) is 0 Å². The van der Waals surface area contributed by atoms with E-state index in [9.17, 15) is 9.59 Å². The maximum Gasteiger partial charge on any atom is 0.421 e. The van der Waals surface area contributed by atoms with Crippen LogP contribution in [0.5, 0.6) is 0 Å². The van der Waals surface area contributed by atoms with Gasteiger partial charge in [-0.2, -0.15) is 4.98 Å².